The molecule has 1 unspecified atom stereocenters. The number of anilines is 2. The van der Waals surface area contributed by atoms with Crippen molar-refractivity contribution in [3.63, 3.8) is 0 Å². The van der Waals surface area contributed by atoms with E-state index in [9.17, 15) is 14.0 Å². The summed E-state index contributed by atoms with van der Waals surface area (Å²) in [6.07, 6.45) is 2.22. The second-order valence-electron chi connectivity index (χ2n) is 6.48. The zero-order valence-electron chi connectivity index (χ0n) is 15.3. The Labute approximate surface area is 166 Å². The van der Waals surface area contributed by atoms with Crippen molar-refractivity contribution >= 4 is 29.3 Å². The van der Waals surface area contributed by atoms with Gasteiger partial charge in [0.05, 0.1) is 5.69 Å². The summed E-state index contributed by atoms with van der Waals surface area (Å²) in [5, 5.41) is 5.54. The summed E-state index contributed by atoms with van der Waals surface area (Å²) in [4.78, 5) is 24.5. The molecule has 5 nitrogen and oxygen atoms in total. The highest BCUT2D eigenvalue weighted by molar-refractivity contribution is 6.03. The summed E-state index contributed by atoms with van der Waals surface area (Å²) < 4.78 is 18.8. The molecule has 0 saturated carbocycles. The number of ether oxygens (including phenoxy) is 1. The maximum atomic E-state index is 12.9. The molecule has 3 aromatic rings. The van der Waals surface area contributed by atoms with Crippen LogP contribution in [0.15, 0.2) is 78.9 Å². The molecule has 3 aromatic carbocycles. The maximum absolute atomic E-state index is 12.9. The Kier molecular flexibility index (Phi) is 5.07. The van der Waals surface area contributed by atoms with Crippen LogP contribution in [-0.4, -0.2) is 11.8 Å². The average Bonchev–Trinajstić information content (AvgIpc) is 2.73. The number of carbonyl (C=O) groups is 2. The van der Waals surface area contributed by atoms with Crippen molar-refractivity contribution in [2.24, 2.45) is 0 Å². The molecule has 1 heterocycles. The zero-order valence-corrected chi connectivity index (χ0v) is 15.3. The number of amides is 2. The van der Waals surface area contributed by atoms with E-state index >= 15 is 0 Å². The number of benzene rings is 3. The van der Waals surface area contributed by atoms with Gasteiger partial charge in [0, 0.05) is 17.3 Å². The van der Waals surface area contributed by atoms with E-state index < -0.39 is 6.10 Å². The van der Waals surface area contributed by atoms with Gasteiger partial charge in [-0.3, -0.25) is 9.59 Å². The van der Waals surface area contributed by atoms with Crippen LogP contribution >= 0.6 is 0 Å². The maximum Gasteiger partial charge on any atom is 0.270 e. The first kappa shape index (κ1) is 18.4. The van der Waals surface area contributed by atoms with Gasteiger partial charge in [-0.15, -0.1) is 0 Å². The number of halogens is 1. The van der Waals surface area contributed by atoms with Crippen molar-refractivity contribution in [3.05, 3.63) is 95.8 Å². The minimum Gasteiger partial charge on any atom is -0.474 e. The first-order chi connectivity index (χ1) is 14.1. The lowest BCUT2D eigenvalue weighted by Crippen LogP contribution is -2.30. The highest BCUT2D eigenvalue weighted by Gasteiger charge is 2.29. The first-order valence-electron chi connectivity index (χ1n) is 9.00. The third kappa shape index (κ3) is 4.32. The van der Waals surface area contributed by atoms with E-state index in [0.717, 1.165) is 5.56 Å². The lowest BCUT2D eigenvalue weighted by atomic mass is 10.1. The molecular formula is C23H17FN2O3. The Hall–Kier alpha value is -3.93. The molecule has 2 amide bonds. The van der Waals surface area contributed by atoms with Crippen LogP contribution in [0.1, 0.15) is 17.2 Å². The Morgan fingerprint density at radius 3 is 2.55 bits per heavy atom. The van der Waals surface area contributed by atoms with Crippen LogP contribution in [-0.2, 0) is 9.59 Å². The van der Waals surface area contributed by atoms with Crippen molar-refractivity contribution in [2.45, 2.75) is 6.10 Å². The van der Waals surface area contributed by atoms with Crippen LogP contribution in [0, 0.1) is 5.82 Å². The fourth-order valence-corrected chi connectivity index (χ4v) is 2.96. The number of fused-ring (bicyclic) bond motifs is 1. The summed E-state index contributed by atoms with van der Waals surface area (Å²) in [6.45, 7) is 0. The van der Waals surface area contributed by atoms with E-state index in [1.165, 1.54) is 18.2 Å². The molecule has 4 rings (SSSR count). The zero-order chi connectivity index (χ0) is 20.2. The molecule has 0 aliphatic carbocycles. The van der Waals surface area contributed by atoms with Crippen molar-refractivity contribution in [3.8, 4) is 5.75 Å². The lowest BCUT2D eigenvalue weighted by Gasteiger charge is -2.26. The quantitative estimate of drug-likeness (QED) is 0.645. The molecular weight excluding hydrogens is 371 g/mol. The molecule has 0 spiro atoms. The van der Waals surface area contributed by atoms with Gasteiger partial charge in [-0.1, -0.05) is 42.5 Å². The van der Waals surface area contributed by atoms with Crippen LogP contribution in [0.3, 0.4) is 0 Å². The van der Waals surface area contributed by atoms with E-state index in [1.54, 1.807) is 36.4 Å². The monoisotopic (exact) mass is 388 g/mol. The number of hydrogen-bond acceptors (Lipinski definition) is 3. The normalized spacial score (nSPS) is 15.3. The van der Waals surface area contributed by atoms with E-state index in [0.29, 0.717) is 22.7 Å². The van der Waals surface area contributed by atoms with Gasteiger partial charge >= 0.3 is 0 Å². The molecule has 2 N–H and O–H groups in total. The molecule has 6 heteroatoms. The number of rotatable bonds is 4. The molecule has 144 valence electrons. The van der Waals surface area contributed by atoms with Crippen molar-refractivity contribution in [2.75, 3.05) is 10.6 Å². The molecule has 0 radical (unpaired) electrons. The smallest absolute Gasteiger partial charge is 0.270 e. The van der Waals surface area contributed by atoms with Crippen molar-refractivity contribution in [1.29, 1.82) is 0 Å². The lowest BCUT2D eigenvalue weighted by molar-refractivity contribution is -0.123. The minimum atomic E-state index is -0.720. The van der Waals surface area contributed by atoms with E-state index in [2.05, 4.69) is 10.6 Å². The molecule has 1 aliphatic rings. The van der Waals surface area contributed by atoms with E-state index in [4.69, 9.17) is 4.74 Å². The second kappa shape index (κ2) is 7.98. The van der Waals surface area contributed by atoms with Crippen LogP contribution in [0.4, 0.5) is 15.8 Å². The molecule has 0 aromatic heterocycles. The summed E-state index contributed by atoms with van der Waals surface area (Å²) >= 11 is 0. The van der Waals surface area contributed by atoms with Gasteiger partial charge in [-0.25, -0.2) is 4.39 Å². The summed E-state index contributed by atoms with van der Waals surface area (Å²) in [5.74, 6) is -0.430. The molecule has 1 aliphatic heterocycles. The molecule has 1 atom stereocenters. The summed E-state index contributed by atoms with van der Waals surface area (Å²) in [6, 6.07) is 20.1. The fraction of sp³-hybridized carbons (Fsp3) is 0.0435. The molecule has 0 bridgehead atoms. The van der Waals surface area contributed by atoms with Gasteiger partial charge in [0.2, 0.25) is 12.0 Å². The van der Waals surface area contributed by atoms with Gasteiger partial charge in [0.15, 0.2) is 0 Å². The Balaban J connectivity index is 1.45. The van der Waals surface area contributed by atoms with Crippen LogP contribution < -0.4 is 15.4 Å². The van der Waals surface area contributed by atoms with Crippen LogP contribution in [0.5, 0.6) is 5.75 Å². The highest BCUT2D eigenvalue weighted by Crippen LogP contribution is 2.36. The number of hydrogen-bond donors (Lipinski definition) is 2. The van der Waals surface area contributed by atoms with Crippen molar-refractivity contribution < 1.29 is 18.7 Å². The second-order valence-corrected chi connectivity index (χ2v) is 6.48. The summed E-state index contributed by atoms with van der Waals surface area (Å²) in [7, 11) is 0. The largest absolute Gasteiger partial charge is 0.474 e. The van der Waals surface area contributed by atoms with Gasteiger partial charge in [0.25, 0.3) is 5.91 Å². The van der Waals surface area contributed by atoms with Gasteiger partial charge in [-0.05, 0) is 42.0 Å². The van der Waals surface area contributed by atoms with E-state index in [-0.39, 0.29) is 17.6 Å². The topological polar surface area (TPSA) is 67.4 Å². The Bertz CT molecular complexity index is 1080. The molecule has 0 fully saturated rings. The van der Waals surface area contributed by atoms with Gasteiger partial charge < -0.3 is 15.4 Å². The average molecular weight is 388 g/mol. The molecule has 0 saturated heterocycles. The standard InChI is InChI=1S/C23H17FN2O3/c24-17-9-6-15(7-10-17)8-13-21(27)25-18-11-12-20-19(14-18)26-23(28)22(29-20)16-4-2-1-3-5-16/h1-14,22H,(H,25,27)(H,26,28)/b13-8+. The number of carbonyl (C=O) groups excluding carboxylic acids is 2. The SMILES string of the molecule is O=C(/C=C/c1ccc(F)cc1)Nc1ccc2c(c1)NC(=O)C(c1ccccc1)O2. The van der Waals surface area contributed by atoms with Crippen LogP contribution in [0.25, 0.3) is 6.08 Å². The first-order valence-corrected chi connectivity index (χ1v) is 9.00. The predicted molar refractivity (Wildman–Crippen MR) is 109 cm³/mol. The minimum absolute atomic E-state index is 0.275. The van der Waals surface area contributed by atoms with Gasteiger partial charge in [-0.2, -0.15) is 0 Å². The summed E-state index contributed by atoms with van der Waals surface area (Å²) in [5.41, 5.74) is 2.47. The van der Waals surface area contributed by atoms with Gasteiger partial charge in [0.1, 0.15) is 11.6 Å². The Morgan fingerprint density at radius 1 is 1.03 bits per heavy atom. The Morgan fingerprint density at radius 2 is 1.79 bits per heavy atom. The molecule has 29 heavy (non-hydrogen) atoms. The van der Waals surface area contributed by atoms with Crippen molar-refractivity contribution in [1.82, 2.24) is 0 Å². The fourth-order valence-electron chi connectivity index (χ4n) is 2.96. The third-order valence-electron chi connectivity index (χ3n) is 4.39. The third-order valence-corrected chi connectivity index (χ3v) is 4.39. The predicted octanol–water partition coefficient (Wildman–Crippen LogP) is 4.55. The van der Waals surface area contributed by atoms with E-state index in [1.807, 2.05) is 30.3 Å². The van der Waals surface area contributed by atoms with Crippen LogP contribution in [0.2, 0.25) is 0 Å². The number of nitrogens with one attached hydrogen (secondary N) is 2. The highest BCUT2D eigenvalue weighted by atomic mass is 19.1.